The van der Waals surface area contributed by atoms with E-state index in [0.717, 1.165) is 78.3 Å². The lowest BCUT2D eigenvalue weighted by Crippen LogP contribution is -2.40. The minimum atomic E-state index is 0.0941. The van der Waals surface area contributed by atoms with Crippen LogP contribution in [0.2, 0.25) is 5.02 Å². The third-order valence-corrected chi connectivity index (χ3v) is 9.83. The molecule has 7 rings (SSSR count). The van der Waals surface area contributed by atoms with E-state index < -0.39 is 0 Å². The highest BCUT2D eigenvalue weighted by Gasteiger charge is 2.52. The Bertz CT molecular complexity index is 1470. The van der Waals surface area contributed by atoms with Gasteiger partial charge in [-0.2, -0.15) is 9.97 Å². The standard InChI is InChI=1S/C32H36ClN5O2/c1-3-29(39)22-13-16-38(28-17-24(22)28)31-23-12-15-37(27-11-5-8-20-7-4-10-25(33)30(20)27)18-26(23)34-32(35-31)40-19-21-9-6-14-36(21)2/h3-5,7-8,10-11,21-22,24,28H,1,6,9,12-19H2,2H3/t21-,22?,24?,28?/m0/s1. The number of likely N-dealkylation sites (N-methyl/N-ethyl adjacent to an activating group) is 1. The zero-order chi connectivity index (χ0) is 27.4. The van der Waals surface area contributed by atoms with Crippen LogP contribution < -0.4 is 14.5 Å². The average molecular weight is 558 g/mol. The van der Waals surface area contributed by atoms with Crippen LogP contribution in [-0.4, -0.2) is 66.0 Å². The number of piperidine rings is 1. The molecule has 0 amide bonds. The second-order valence-electron chi connectivity index (χ2n) is 11.8. The minimum Gasteiger partial charge on any atom is -0.462 e. The molecule has 4 aliphatic rings. The molecular weight excluding hydrogens is 522 g/mol. The van der Waals surface area contributed by atoms with Gasteiger partial charge in [0.05, 0.1) is 17.3 Å². The molecule has 4 heterocycles. The molecule has 2 saturated heterocycles. The molecule has 3 aliphatic heterocycles. The number of hydrogen-bond donors (Lipinski definition) is 0. The third-order valence-electron chi connectivity index (χ3n) is 9.51. The van der Waals surface area contributed by atoms with Crippen LogP contribution >= 0.6 is 11.6 Å². The summed E-state index contributed by atoms with van der Waals surface area (Å²) in [6.07, 6.45) is 6.56. The second kappa shape index (κ2) is 10.3. The Labute approximate surface area is 240 Å². The smallest absolute Gasteiger partial charge is 0.318 e. The monoisotopic (exact) mass is 557 g/mol. The molecular formula is C32H36ClN5O2. The van der Waals surface area contributed by atoms with E-state index in [4.69, 9.17) is 26.3 Å². The number of carbonyl (C=O) groups excluding carboxylic acids is 1. The van der Waals surface area contributed by atoms with E-state index in [1.54, 1.807) is 0 Å². The van der Waals surface area contributed by atoms with Crippen LogP contribution in [0.5, 0.6) is 6.01 Å². The van der Waals surface area contributed by atoms with Crippen molar-refractivity contribution in [3.63, 3.8) is 0 Å². The first-order valence-electron chi connectivity index (χ1n) is 14.6. The third kappa shape index (κ3) is 4.53. The number of anilines is 2. The van der Waals surface area contributed by atoms with Gasteiger partial charge in [0.25, 0.3) is 0 Å². The van der Waals surface area contributed by atoms with Crippen LogP contribution in [0.4, 0.5) is 11.5 Å². The molecule has 3 unspecified atom stereocenters. The molecule has 2 aromatic carbocycles. The Morgan fingerprint density at radius 2 is 2.00 bits per heavy atom. The predicted molar refractivity (Wildman–Crippen MR) is 159 cm³/mol. The first-order valence-corrected chi connectivity index (χ1v) is 15.0. The molecule has 0 N–H and O–H groups in total. The molecule has 208 valence electrons. The molecule has 40 heavy (non-hydrogen) atoms. The van der Waals surface area contributed by atoms with Crippen molar-refractivity contribution in [2.45, 2.75) is 50.7 Å². The van der Waals surface area contributed by atoms with E-state index in [1.807, 2.05) is 12.1 Å². The molecule has 0 radical (unpaired) electrons. The van der Waals surface area contributed by atoms with Crippen molar-refractivity contribution in [2.75, 3.05) is 43.1 Å². The van der Waals surface area contributed by atoms with Crippen molar-refractivity contribution in [2.24, 2.45) is 11.8 Å². The van der Waals surface area contributed by atoms with E-state index >= 15 is 0 Å². The summed E-state index contributed by atoms with van der Waals surface area (Å²) in [7, 11) is 2.16. The van der Waals surface area contributed by atoms with Gasteiger partial charge in [-0.25, -0.2) is 0 Å². The highest BCUT2D eigenvalue weighted by atomic mass is 35.5. The van der Waals surface area contributed by atoms with Gasteiger partial charge >= 0.3 is 6.01 Å². The minimum absolute atomic E-state index is 0.0941. The molecule has 3 fully saturated rings. The quantitative estimate of drug-likeness (QED) is 0.366. The topological polar surface area (TPSA) is 61.8 Å². The lowest BCUT2D eigenvalue weighted by Gasteiger charge is -2.36. The van der Waals surface area contributed by atoms with Crippen LogP contribution in [0.15, 0.2) is 49.1 Å². The van der Waals surface area contributed by atoms with E-state index in [-0.39, 0.29) is 11.7 Å². The largest absolute Gasteiger partial charge is 0.462 e. The lowest BCUT2D eigenvalue weighted by molar-refractivity contribution is -0.119. The maximum absolute atomic E-state index is 12.5. The lowest BCUT2D eigenvalue weighted by atomic mass is 9.91. The number of nitrogens with zero attached hydrogens (tertiary/aromatic N) is 5. The fourth-order valence-electron chi connectivity index (χ4n) is 7.21. The number of benzene rings is 2. The Morgan fingerprint density at radius 3 is 2.80 bits per heavy atom. The molecule has 1 aromatic heterocycles. The number of allylic oxidation sites excluding steroid dienone is 1. The molecule has 7 nitrogen and oxygen atoms in total. The van der Waals surface area contributed by atoms with Gasteiger partial charge in [-0.3, -0.25) is 4.79 Å². The summed E-state index contributed by atoms with van der Waals surface area (Å²) < 4.78 is 6.32. The summed E-state index contributed by atoms with van der Waals surface area (Å²) in [5, 5.41) is 2.99. The molecule has 0 bridgehead atoms. The van der Waals surface area contributed by atoms with Crippen molar-refractivity contribution in [1.29, 1.82) is 0 Å². The number of fused-ring (bicyclic) bond motifs is 3. The average Bonchev–Trinajstić information content (AvgIpc) is 3.68. The van der Waals surface area contributed by atoms with Crippen molar-refractivity contribution >= 4 is 39.7 Å². The van der Waals surface area contributed by atoms with Crippen LogP contribution in [0.1, 0.15) is 36.9 Å². The molecule has 1 aliphatic carbocycles. The van der Waals surface area contributed by atoms with Gasteiger partial charge in [-0.05, 0) is 75.2 Å². The first kappa shape index (κ1) is 25.8. The molecule has 0 spiro atoms. The normalized spacial score (nSPS) is 25.9. The number of hydrogen-bond acceptors (Lipinski definition) is 7. The Hall–Kier alpha value is -3.16. The maximum Gasteiger partial charge on any atom is 0.318 e. The summed E-state index contributed by atoms with van der Waals surface area (Å²) in [6, 6.07) is 13.7. The van der Waals surface area contributed by atoms with Gasteiger partial charge in [-0.15, -0.1) is 0 Å². The van der Waals surface area contributed by atoms with Crippen molar-refractivity contribution in [3.05, 3.63) is 65.3 Å². The molecule has 8 heteroatoms. The SMILES string of the molecule is C=CC(=O)C1CCN(c2nc(OC[C@@H]3CCCN3C)nc3c2CCN(c2cccc4cccc(Cl)c24)C3)C2CC12. The number of ketones is 1. The zero-order valence-corrected chi connectivity index (χ0v) is 23.8. The summed E-state index contributed by atoms with van der Waals surface area (Å²) in [4.78, 5) is 29.7. The van der Waals surface area contributed by atoms with Gasteiger partial charge < -0.3 is 19.4 Å². The number of halogens is 1. The van der Waals surface area contributed by atoms with E-state index in [2.05, 4.69) is 52.6 Å². The maximum atomic E-state index is 12.5. The highest BCUT2D eigenvalue weighted by Crippen LogP contribution is 2.50. The first-order chi connectivity index (χ1) is 19.5. The van der Waals surface area contributed by atoms with Crippen molar-refractivity contribution in [3.8, 4) is 6.01 Å². The highest BCUT2D eigenvalue weighted by molar-refractivity contribution is 6.36. The van der Waals surface area contributed by atoms with Crippen LogP contribution in [-0.2, 0) is 17.8 Å². The summed E-state index contributed by atoms with van der Waals surface area (Å²) in [5.74, 6) is 1.68. The fraction of sp³-hybridized carbons (Fsp3) is 0.469. The number of aromatic nitrogens is 2. The van der Waals surface area contributed by atoms with Crippen LogP contribution in [0, 0.1) is 11.8 Å². The Morgan fingerprint density at radius 1 is 1.15 bits per heavy atom. The number of likely N-dealkylation sites (tertiary alicyclic amines) is 1. The number of carbonyl (C=O) groups is 1. The van der Waals surface area contributed by atoms with E-state index in [0.29, 0.717) is 37.2 Å². The predicted octanol–water partition coefficient (Wildman–Crippen LogP) is 5.29. The van der Waals surface area contributed by atoms with Gasteiger partial charge in [0.1, 0.15) is 12.4 Å². The van der Waals surface area contributed by atoms with Gasteiger partial charge in [-0.1, -0.05) is 42.4 Å². The van der Waals surface area contributed by atoms with Gasteiger partial charge in [0.2, 0.25) is 0 Å². The molecule has 4 atom stereocenters. The van der Waals surface area contributed by atoms with Gasteiger partial charge in [0.15, 0.2) is 5.78 Å². The molecule has 3 aromatic rings. The van der Waals surface area contributed by atoms with E-state index in [9.17, 15) is 4.79 Å². The van der Waals surface area contributed by atoms with E-state index in [1.165, 1.54) is 18.1 Å². The number of ether oxygens (including phenoxy) is 1. The Balaban J connectivity index is 1.22. The summed E-state index contributed by atoms with van der Waals surface area (Å²) >= 11 is 6.70. The Kier molecular flexibility index (Phi) is 6.67. The van der Waals surface area contributed by atoms with Crippen molar-refractivity contribution in [1.82, 2.24) is 14.9 Å². The van der Waals surface area contributed by atoms with Crippen molar-refractivity contribution < 1.29 is 9.53 Å². The molecule has 1 saturated carbocycles. The van der Waals surface area contributed by atoms with Crippen LogP contribution in [0.25, 0.3) is 10.8 Å². The zero-order valence-electron chi connectivity index (χ0n) is 23.1. The fourth-order valence-corrected chi connectivity index (χ4v) is 7.49. The van der Waals surface area contributed by atoms with Gasteiger partial charge in [0, 0.05) is 47.7 Å². The summed E-state index contributed by atoms with van der Waals surface area (Å²) in [6.45, 7) is 7.79. The summed E-state index contributed by atoms with van der Waals surface area (Å²) in [5.41, 5.74) is 3.37. The second-order valence-corrected chi connectivity index (χ2v) is 12.2. The number of rotatable bonds is 7. The van der Waals surface area contributed by atoms with Crippen LogP contribution in [0.3, 0.4) is 0 Å².